The van der Waals surface area contributed by atoms with Crippen LogP contribution in [0.5, 0.6) is 0 Å². The van der Waals surface area contributed by atoms with Gasteiger partial charge in [0, 0.05) is 5.75 Å². The number of carbonyl (C=O) groups is 1. The molecule has 0 unspecified atom stereocenters. The number of aromatic nitrogens is 3. The number of carboxylic acids is 1. The first-order valence-electron chi connectivity index (χ1n) is 6.01. The highest BCUT2D eigenvalue weighted by atomic mass is 32.2. The number of thioether (sulfide) groups is 1. The van der Waals surface area contributed by atoms with Crippen LogP contribution in [0, 0.1) is 12.3 Å². The predicted octanol–water partition coefficient (Wildman–Crippen LogP) is 2.27. The van der Waals surface area contributed by atoms with Crippen molar-refractivity contribution in [1.29, 1.82) is 0 Å². The van der Waals surface area contributed by atoms with E-state index in [0.29, 0.717) is 5.71 Å². The van der Waals surface area contributed by atoms with E-state index in [9.17, 15) is 4.79 Å². The fourth-order valence-corrected chi connectivity index (χ4v) is 3.43. The Balaban J connectivity index is 1.79. The first kappa shape index (κ1) is 12.4. The van der Waals surface area contributed by atoms with Gasteiger partial charge in [0.2, 0.25) is 0 Å². The van der Waals surface area contributed by atoms with Crippen molar-refractivity contribution in [3.63, 3.8) is 0 Å². The smallest absolute Gasteiger partial charge is 0.303 e. The molecule has 0 spiro atoms. The molecule has 2 aromatic heterocycles. The van der Waals surface area contributed by atoms with Crippen molar-refractivity contribution in [1.82, 2.24) is 15.1 Å². The average Bonchev–Trinajstić information content (AvgIpc) is 3.02. The van der Waals surface area contributed by atoms with E-state index in [2.05, 4.69) is 15.1 Å². The third-order valence-electron chi connectivity index (χ3n) is 3.41. The van der Waals surface area contributed by atoms with Crippen LogP contribution in [-0.4, -0.2) is 32.0 Å². The van der Waals surface area contributed by atoms with E-state index in [0.717, 1.165) is 34.7 Å². The number of aliphatic carboxylic acids is 1. The van der Waals surface area contributed by atoms with Gasteiger partial charge in [0.15, 0.2) is 0 Å². The third-order valence-corrected chi connectivity index (χ3v) is 4.75. The van der Waals surface area contributed by atoms with Crippen molar-refractivity contribution in [2.75, 3.05) is 5.75 Å². The molecule has 0 radical (unpaired) electrons. The Morgan fingerprint density at radius 2 is 2.32 bits per heavy atom. The third kappa shape index (κ3) is 2.42. The van der Waals surface area contributed by atoms with Gasteiger partial charge in [-0.25, -0.2) is 4.98 Å². The van der Waals surface area contributed by atoms with Crippen molar-refractivity contribution in [3.05, 3.63) is 12.0 Å². The lowest BCUT2D eigenvalue weighted by atomic mass is 10.1. The van der Waals surface area contributed by atoms with E-state index in [-0.39, 0.29) is 11.8 Å². The SMILES string of the molecule is Cc1noc2ncnc(SCC3(CC(=O)O)CC3)c12. The maximum Gasteiger partial charge on any atom is 0.303 e. The fraction of sp³-hybridized carbons (Fsp3) is 0.500. The van der Waals surface area contributed by atoms with Crippen molar-refractivity contribution >= 4 is 28.8 Å². The largest absolute Gasteiger partial charge is 0.481 e. The molecule has 0 bridgehead atoms. The van der Waals surface area contributed by atoms with Gasteiger partial charge >= 0.3 is 5.97 Å². The molecule has 2 aromatic rings. The number of rotatable bonds is 5. The van der Waals surface area contributed by atoms with Gasteiger partial charge in [0.1, 0.15) is 11.4 Å². The summed E-state index contributed by atoms with van der Waals surface area (Å²) < 4.78 is 5.09. The molecule has 19 heavy (non-hydrogen) atoms. The van der Waals surface area contributed by atoms with Crippen LogP contribution in [0.1, 0.15) is 25.0 Å². The van der Waals surface area contributed by atoms with Crippen LogP contribution >= 0.6 is 11.8 Å². The molecule has 0 atom stereocenters. The topological polar surface area (TPSA) is 89.1 Å². The van der Waals surface area contributed by atoms with Gasteiger partial charge in [-0.05, 0) is 25.2 Å². The Morgan fingerprint density at radius 1 is 1.53 bits per heavy atom. The molecule has 1 aliphatic rings. The lowest BCUT2D eigenvalue weighted by Crippen LogP contribution is -2.11. The number of hydrogen-bond acceptors (Lipinski definition) is 6. The Hall–Kier alpha value is -1.63. The number of hydrogen-bond donors (Lipinski definition) is 1. The average molecular weight is 279 g/mol. The quantitative estimate of drug-likeness (QED) is 0.663. The highest BCUT2D eigenvalue weighted by molar-refractivity contribution is 7.99. The van der Waals surface area contributed by atoms with Crippen LogP contribution in [0.15, 0.2) is 15.9 Å². The van der Waals surface area contributed by atoms with Crippen molar-refractivity contribution in [2.45, 2.75) is 31.2 Å². The van der Waals surface area contributed by atoms with E-state index in [4.69, 9.17) is 9.63 Å². The highest BCUT2D eigenvalue weighted by Crippen LogP contribution is 2.52. The highest BCUT2D eigenvalue weighted by Gasteiger charge is 2.44. The fourth-order valence-electron chi connectivity index (χ4n) is 2.09. The van der Waals surface area contributed by atoms with Gasteiger partial charge < -0.3 is 9.63 Å². The van der Waals surface area contributed by atoms with E-state index in [1.54, 1.807) is 11.8 Å². The minimum Gasteiger partial charge on any atom is -0.481 e. The van der Waals surface area contributed by atoms with Crippen LogP contribution in [0.4, 0.5) is 0 Å². The zero-order valence-electron chi connectivity index (χ0n) is 10.4. The lowest BCUT2D eigenvalue weighted by Gasteiger charge is -2.11. The van der Waals surface area contributed by atoms with Gasteiger partial charge in [-0.1, -0.05) is 5.16 Å². The summed E-state index contributed by atoms with van der Waals surface area (Å²) in [5.41, 5.74) is 1.19. The molecule has 2 heterocycles. The Kier molecular flexibility index (Phi) is 2.93. The molecule has 1 saturated carbocycles. The second-order valence-corrected chi connectivity index (χ2v) is 5.95. The standard InChI is InChI=1S/C12H13N3O3S/c1-7-9-10(18-15-7)13-6-14-11(9)19-5-12(2-3-12)4-8(16)17/h6H,2-5H2,1H3,(H,16,17). The van der Waals surface area contributed by atoms with E-state index < -0.39 is 5.97 Å². The zero-order chi connectivity index (χ0) is 13.5. The summed E-state index contributed by atoms with van der Waals surface area (Å²) in [4.78, 5) is 19.1. The number of carboxylic acid groups (broad SMARTS) is 1. The summed E-state index contributed by atoms with van der Waals surface area (Å²) in [5, 5.41) is 14.4. The number of fused-ring (bicyclic) bond motifs is 1. The summed E-state index contributed by atoms with van der Waals surface area (Å²) in [5.74, 6) is 0.0304. The molecule has 6 nitrogen and oxygen atoms in total. The molecule has 1 fully saturated rings. The Bertz CT molecular complexity index is 636. The Morgan fingerprint density at radius 3 is 3.00 bits per heavy atom. The summed E-state index contributed by atoms with van der Waals surface area (Å²) >= 11 is 1.57. The molecule has 1 aliphatic carbocycles. The van der Waals surface area contributed by atoms with E-state index in [1.807, 2.05) is 6.92 Å². The van der Waals surface area contributed by atoms with Crippen LogP contribution in [0.25, 0.3) is 11.1 Å². The molecule has 1 N–H and O–H groups in total. The van der Waals surface area contributed by atoms with Crippen LogP contribution in [0.2, 0.25) is 0 Å². The maximum absolute atomic E-state index is 10.8. The van der Waals surface area contributed by atoms with Crippen LogP contribution in [-0.2, 0) is 4.79 Å². The van der Waals surface area contributed by atoms with Gasteiger partial charge in [-0.15, -0.1) is 11.8 Å². The van der Waals surface area contributed by atoms with Crippen LogP contribution in [0.3, 0.4) is 0 Å². The molecular formula is C12H13N3O3S. The number of nitrogens with zero attached hydrogens (tertiary/aromatic N) is 3. The maximum atomic E-state index is 10.8. The number of aryl methyl sites for hydroxylation is 1. The summed E-state index contributed by atoms with van der Waals surface area (Å²) in [6.07, 6.45) is 3.63. The minimum atomic E-state index is -0.730. The first-order chi connectivity index (χ1) is 9.10. The second kappa shape index (κ2) is 4.48. The molecule has 7 heteroatoms. The molecule has 100 valence electrons. The molecule has 0 amide bonds. The van der Waals surface area contributed by atoms with Crippen LogP contribution < -0.4 is 0 Å². The normalized spacial score (nSPS) is 16.7. The second-order valence-electron chi connectivity index (χ2n) is 4.99. The Labute approximate surface area is 113 Å². The van der Waals surface area contributed by atoms with Gasteiger partial charge in [-0.2, -0.15) is 4.98 Å². The van der Waals surface area contributed by atoms with Crippen molar-refractivity contribution < 1.29 is 14.4 Å². The monoisotopic (exact) mass is 279 g/mol. The molecule has 0 saturated heterocycles. The van der Waals surface area contributed by atoms with Gasteiger partial charge in [-0.3, -0.25) is 4.79 Å². The molecule has 0 aliphatic heterocycles. The molecular weight excluding hydrogens is 266 g/mol. The predicted molar refractivity (Wildman–Crippen MR) is 69.0 cm³/mol. The molecule has 3 rings (SSSR count). The summed E-state index contributed by atoms with van der Waals surface area (Å²) in [7, 11) is 0. The van der Waals surface area contributed by atoms with E-state index >= 15 is 0 Å². The van der Waals surface area contributed by atoms with Gasteiger partial charge in [0.25, 0.3) is 5.71 Å². The van der Waals surface area contributed by atoms with Crippen molar-refractivity contribution in [2.24, 2.45) is 5.41 Å². The summed E-state index contributed by atoms with van der Waals surface area (Å²) in [6.45, 7) is 1.85. The zero-order valence-corrected chi connectivity index (χ0v) is 11.2. The summed E-state index contributed by atoms with van der Waals surface area (Å²) in [6, 6.07) is 0. The van der Waals surface area contributed by atoms with Crippen molar-refractivity contribution in [3.8, 4) is 0 Å². The lowest BCUT2D eigenvalue weighted by molar-refractivity contribution is -0.138. The van der Waals surface area contributed by atoms with E-state index in [1.165, 1.54) is 6.33 Å². The molecule has 0 aromatic carbocycles. The van der Waals surface area contributed by atoms with Gasteiger partial charge in [0.05, 0.1) is 17.5 Å². The minimum absolute atomic E-state index is 0.0567. The first-order valence-corrected chi connectivity index (χ1v) is 7.00.